The highest BCUT2D eigenvalue weighted by Crippen LogP contribution is 2.29. The number of hydrogen-bond donors (Lipinski definition) is 9. The highest BCUT2D eigenvalue weighted by atomic mass is 16.6. The number of amides is 3. The largest absolute Gasteiger partial charge is 0.508 e. The number of nitrogens with two attached hydrogens (primary N) is 2. The van der Waals surface area contributed by atoms with E-state index in [4.69, 9.17) is 17.0 Å². The first-order valence-corrected chi connectivity index (χ1v) is 17.8. The van der Waals surface area contributed by atoms with Crippen LogP contribution >= 0.6 is 0 Å². The van der Waals surface area contributed by atoms with Gasteiger partial charge in [-0.25, -0.2) is 0 Å². The maximum absolute atomic E-state index is 13.6. The molecule has 1 unspecified atom stereocenters. The number of nitrogens with zero attached hydrogens (tertiary/aromatic N) is 4. The molecule has 3 aromatic carbocycles. The summed E-state index contributed by atoms with van der Waals surface area (Å²) in [4.78, 5) is 67.2. The smallest absolute Gasteiger partial charge is 0.292 e. The summed E-state index contributed by atoms with van der Waals surface area (Å²) in [7, 11) is 0. The fourth-order valence-electron chi connectivity index (χ4n) is 5.68. The summed E-state index contributed by atoms with van der Waals surface area (Å²) < 4.78 is 0. The Hall–Kier alpha value is -5.95. The molecule has 0 saturated carbocycles. The summed E-state index contributed by atoms with van der Waals surface area (Å²) in [6, 6.07) is 14.1. The van der Waals surface area contributed by atoms with Gasteiger partial charge >= 0.3 is 0 Å². The van der Waals surface area contributed by atoms with Gasteiger partial charge in [0.25, 0.3) is 5.69 Å². The van der Waals surface area contributed by atoms with Gasteiger partial charge in [0.1, 0.15) is 17.5 Å². The Morgan fingerprint density at radius 2 is 1.57 bits per heavy atom. The fourth-order valence-corrected chi connectivity index (χ4v) is 5.68. The van der Waals surface area contributed by atoms with Crippen LogP contribution < -0.4 is 38.1 Å². The third-order valence-electron chi connectivity index (χ3n) is 8.66. The van der Waals surface area contributed by atoms with Gasteiger partial charge in [0.05, 0.1) is 29.6 Å². The molecule has 11 N–H and O–H groups in total. The van der Waals surface area contributed by atoms with Crippen molar-refractivity contribution in [1.82, 2.24) is 21.3 Å². The predicted molar refractivity (Wildman–Crippen MR) is 208 cm³/mol. The van der Waals surface area contributed by atoms with E-state index in [-0.39, 0.29) is 54.7 Å². The summed E-state index contributed by atoms with van der Waals surface area (Å²) in [5.74, 6) is -3.11. The van der Waals surface area contributed by atoms with E-state index in [0.29, 0.717) is 17.5 Å². The number of carbonyl (C=O) groups excluding carboxylic acids is 4. The first-order valence-electron chi connectivity index (χ1n) is 17.8. The molecule has 0 radical (unpaired) electrons. The van der Waals surface area contributed by atoms with Crippen molar-refractivity contribution in [2.45, 2.75) is 69.9 Å². The van der Waals surface area contributed by atoms with Crippen molar-refractivity contribution in [1.29, 1.82) is 0 Å². The van der Waals surface area contributed by atoms with E-state index in [1.54, 1.807) is 42.5 Å². The lowest BCUT2D eigenvalue weighted by molar-refractivity contribution is -0.383. The number of nitro groups is 1. The maximum atomic E-state index is 13.6. The molecular formula is C37H49N11O8. The quantitative estimate of drug-likeness (QED) is 0.0134. The number of rotatable bonds is 22. The van der Waals surface area contributed by atoms with Crippen molar-refractivity contribution in [3.63, 3.8) is 0 Å². The van der Waals surface area contributed by atoms with Crippen molar-refractivity contribution in [2.75, 3.05) is 25.0 Å². The average Bonchev–Trinajstić information content (AvgIpc) is 3.15. The molecule has 3 amide bonds. The van der Waals surface area contributed by atoms with E-state index >= 15 is 0 Å². The molecule has 19 heteroatoms. The van der Waals surface area contributed by atoms with Crippen LogP contribution in [0.1, 0.15) is 38.3 Å². The summed E-state index contributed by atoms with van der Waals surface area (Å²) in [6.07, 6.45) is 0.316. The van der Waals surface area contributed by atoms with Crippen LogP contribution in [0.4, 0.5) is 17.1 Å². The fraction of sp³-hybridized carbons (Fsp3) is 0.405. The molecule has 5 atom stereocenters. The van der Waals surface area contributed by atoms with Crippen molar-refractivity contribution in [2.24, 2.45) is 22.5 Å². The minimum absolute atomic E-state index is 0.00893. The normalized spacial score (nSPS) is 14.3. The maximum Gasteiger partial charge on any atom is 0.292 e. The van der Waals surface area contributed by atoms with Gasteiger partial charge in [-0.3, -0.25) is 39.9 Å². The Morgan fingerprint density at radius 1 is 0.929 bits per heavy atom. The molecule has 0 fully saturated rings. The number of Topliss-reactive ketones (excluding diaryl/α,β-unsaturated/α-hetero) is 1. The first-order chi connectivity index (χ1) is 26.5. The van der Waals surface area contributed by atoms with E-state index in [9.17, 15) is 39.5 Å². The molecule has 56 heavy (non-hydrogen) atoms. The zero-order chi connectivity index (χ0) is 41.4. The zero-order valence-corrected chi connectivity index (χ0v) is 31.3. The molecule has 0 saturated heterocycles. The Kier molecular flexibility index (Phi) is 16.8. The second-order valence-electron chi connectivity index (χ2n) is 13.6. The van der Waals surface area contributed by atoms with Gasteiger partial charge in [0.2, 0.25) is 17.7 Å². The van der Waals surface area contributed by atoms with Crippen molar-refractivity contribution >= 4 is 40.6 Å². The van der Waals surface area contributed by atoms with Gasteiger partial charge in [-0.1, -0.05) is 67.5 Å². The van der Waals surface area contributed by atoms with Crippen LogP contribution in [-0.4, -0.2) is 88.2 Å². The Balaban J connectivity index is 1.68. The minimum Gasteiger partial charge on any atom is -0.508 e. The van der Waals surface area contributed by atoms with Crippen molar-refractivity contribution in [3.8, 4) is 5.75 Å². The summed E-state index contributed by atoms with van der Waals surface area (Å²) in [6.45, 7) is 4.78. The Bertz CT molecular complexity index is 1870. The number of phenols is 1. The van der Waals surface area contributed by atoms with E-state index in [0.717, 1.165) is 6.07 Å². The zero-order valence-electron chi connectivity index (χ0n) is 31.3. The lowest BCUT2D eigenvalue weighted by Crippen LogP contribution is -2.67. The molecule has 0 aliphatic carbocycles. The summed E-state index contributed by atoms with van der Waals surface area (Å²) in [5, 5.41) is 49.2. The number of carbonyl (C=O) groups is 4. The predicted octanol–water partition coefficient (Wildman–Crippen LogP) is 1.79. The van der Waals surface area contributed by atoms with Crippen LogP contribution in [0.5, 0.6) is 5.75 Å². The molecule has 0 heterocycles. The number of aliphatic hydroxyl groups is 1. The van der Waals surface area contributed by atoms with Crippen LogP contribution in [0.25, 0.3) is 10.4 Å². The van der Waals surface area contributed by atoms with Crippen LogP contribution in [0.2, 0.25) is 0 Å². The van der Waals surface area contributed by atoms with Gasteiger partial charge in [-0.05, 0) is 60.5 Å². The number of aromatic hydroxyl groups is 1. The van der Waals surface area contributed by atoms with E-state index in [1.807, 2.05) is 13.8 Å². The van der Waals surface area contributed by atoms with Crippen LogP contribution in [0.3, 0.4) is 0 Å². The lowest BCUT2D eigenvalue weighted by atomic mass is 9.92. The average molecular weight is 776 g/mol. The molecule has 3 rings (SSSR count). The highest BCUT2D eigenvalue weighted by molar-refractivity contribution is 6.01. The molecule has 0 spiro atoms. The topological polar surface area (TPSA) is 313 Å². The summed E-state index contributed by atoms with van der Waals surface area (Å²) >= 11 is 0. The van der Waals surface area contributed by atoms with Crippen molar-refractivity contribution < 1.29 is 34.3 Å². The molecule has 3 aromatic rings. The number of anilines is 1. The van der Waals surface area contributed by atoms with Gasteiger partial charge in [0, 0.05) is 36.2 Å². The van der Waals surface area contributed by atoms with Gasteiger partial charge in [-0.2, -0.15) is 0 Å². The monoisotopic (exact) mass is 775 g/mol. The second kappa shape index (κ2) is 21.2. The summed E-state index contributed by atoms with van der Waals surface area (Å²) in [5.41, 5.74) is 19.5. The number of azide groups is 1. The SMILES string of the molecule is CC(C)C[C@H](NCCNc1ccc(N=[N+]=[N-])cc1[N+](=O)[O-])C(=O)NC(=O)[C@H](Cc1ccccc1)NC(=O)CNC(O)(C(=O)[C@@H](N)Cc1ccc(O)cc1)[C@@H](C)N. The van der Waals surface area contributed by atoms with Gasteiger partial charge < -0.3 is 37.6 Å². The van der Waals surface area contributed by atoms with Gasteiger partial charge in [0.15, 0.2) is 11.5 Å². The number of ketones is 1. The van der Waals surface area contributed by atoms with E-state index in [1.165, 1.54) is 31.2 Å². The Morgan fingerprint density at radius 3 is 2.18 bits per heavy atom. The Labute approximate surface area is 323 Å². The molecule has 300 valence electrons. The standard InChI is InChI=1S/C37H49N11O8/c1-22(2)17-30(42-16-15-41-29-14-11-26(46-47-40)20-32(29)48(55)56)35(52)45-36(53)31(19-24-7-5-4-6-8-24)44-33(50)21-43-37(54,23(3)38)34(51)28(39)18-25-9-12-27(49)13-10-25/h4-14,20,22-23,28,30-31,41-43,49,54H,15-19,21,38-39H2,1-3H3,(H,44,50)(H,45,52,53)/t23-,28+,30+,31+,37?/m1/s1. The van der Waals surface area contributed by atoms with E-state index < -0.39 is 64.9 Å². The second-order valence-corrected chi connectivity index (χ2v) is 13.6. The van der Waals surface area contributed by atoms with E-state index in [2.05, 4.69) is 36.6 Å². The third kappa shape index (κ3) is 13.4. The first kappa shape index (κ1) is 44.4. The number of phenolic OH excluding ortho intramolecular Hbond substituents is 1. The van der Waals surface area contributed by atoms with Gasteiger partial charge in [-0.15, -0.1) is 0 Å². The number of hydrogen-bond acceptors (Lipinski definition) is 14. The molecule has 0 aliphatic heterocycles. The third-order valence-corrected chi connectivity index (χ3v) is 8.66. The van der Waals surface area contributed by atoms with Crippen LogP contribution in [0, 0.1) is 16.0 Å². The molecule has 0 aromatic heterocycles. The number of nitro benzene ring substituents is 1. The number of imide groups is 1. The number of benzene rings is 3. The van der Waals surface area contributed by atoms with Crippen LogP contribution in [-0.2, 0) is 32.0 Å². The lowest BCUT2D eigenvalue weighted by Gasteiger charge is -2.33. The van der Waals surface area contributed by atoms with Crippen molar-refractivity contribution in [3.05, 3.63) is 104 Å². The molecule has 0 bridgehead atoms. The molecule has 19 nitrogen and oxygen atoms in total. The van der Waals surface area contributed by atoms with Crippen LogP contribution in [0.15, 0.2) is 77.9 Å². The highest BCUT2D eigenvalue weighted by Gasteiger charge is 2.42. The minimum atomic E-state index is -2.42. The number of nitrogens with one attached hydrogen (secondary N) is 5. The molecule has 0 aliphatic rings. The molecular weight excluding hydrogens is 726 g/mol.